The summed E-state index contributed by atoms with van der Waals surface area (Å²) in [5.41, 5.74) is 6.89. The minimum Gasteiger partial charge on any atom is -0.480 e. The van der Waals surface area contributed by atoms with E-state index in [1.165, 1.54) is 0 Å². The van der Waals surface area contributed by atoms with E-state index in [0.717, 1.165) is 5.56 Å². The molecule has 1 aromatic carbocycles. The lowest BCUT2D eigenvalue weighted by Gasteiger charge is -2.15. The number of amides is 1. The van der Waals surface area contributed by atoms with E-state index in [2.05, 4.69) is 5.32 Å². The van der Waals surface area contributed by atoms with Crippen LogP contribution in [0.3, 0.4) is 0 Å². The van der Waals surface area contributed by atoms with Gasteiger partial charge < -0.3 is 21.3 Å². The molecule has 1 unspecified atom stereocenters. The predicted octanol–water partition coefficient (Wildman–Crippen LogP) is 0.418. The van der Waals surface area contributed by atoms with Crippen LogP contribution < -0.4 is 11.1 Å². The van der Waals surface area contributed by atoms with Crippen LogP contribution in [0.2, 0.25) is 0 Å². The summed E-state index contributed by atoms with van der Waals surface area (Å²) in [6.45, 7) is -0.291. The number of aliphatic hydroxyl groups is 1. The van der Waals surface area contributed by atoms with Gasteiger partial charge in [0.05, 0.1) is 0 Å². The summed E-state index contributed by atoms with van der Waals surface area (Å²) in [5.74, 6) is -1.53. The van der Waals surface area contributed by atoms with Crippen LogP contribution in [0.5, 0.6) is 0 Å². The molecule has 0 aliphatic heterocycles. The van der Waals surface area contributed by atoms with E-state index in [-0.39, 0.29) is 31.4 Å². The zero-order valence-electron chi connectivity index (χ0n) is 11.2. The Labute approximate surface area is 117 Å². The molecule has 0 aromatic heterocycles. The lowest BCUT2D eigenvalue weighted by Crippen LogP contribution is -2.41. The van der Waals surface area contributed by atoms with E-state index in [4.69, 9.17) is 15.9 Å². The first-order chi connectivity index (χ1) is 9.54. The second-order valence-corrected chi connectivity index (χ2v) is 4.53. The normalized spacial score (nSPS) is 13.5. The van der Waals surface area contributed by atoms with Gasteiger partial charge in [0.1, 0.15) is 6.04 Å². The van der Waals surface area contributed by atoms with Crippen LogP contribution in [-0.4, -0.2) is 34.7 Å². The molecule has 6 nitrogen and oxygen atoms in total. The number of benzene rings is 1. The first-order valence-corrected chi connectivity index (χ1v) is 6.48. The van der Waals surface area contributed by atoms with Crippen molar-refractivity contribution >= 4 is 11.9 Å². The Bertz CT molecular complexity index is 436. The highest BCUT2D eigenvalue weighted by Crippen LogP contribution is 2.14. The molecule has 0 aliphatic rings. The third-order valence-electron chi connectivity index (χ3n) is 2.96. The van der Waals surface area contributed by atoms with Crippen molar-refractivity contribution in [2.24, 2.45) is 5.73 Å². The fourth-order valence-corrected chi connectivity index (χ4v) is 1.81. The zero-order valence-corrected chi connectivity index (χ0v) is 11.2. The third kappa shape index (κ3) is 5.38. The largest absolute Gasteiger partial charge is 0.480 e. The Morgan fingerprint density at radius 3 is 2.40 bits per heavy atom. The molecule has 0 spiro atoms. The topological polar surface area (TPSA) is 113 Å². The van der Waals surface area contributed by atoms with Gasteiger partial charge in [-0.1, -0.05) is 30.3 Å². The van der Waals surface area contributed by atoms with Crippen LogP contribution in [0, 0.1) is 0 Å². The second kappa shape index (κ2) is 8.29. The molecule has 0 aliphatic carbocycles. The summed E-state index contributed by atoms with van der Waals surface area (Å²) in [6.07, 6.45) is 0.568. The number of carboxylic acids is 1. The molecule has 1 aromatic rings. The van der Waals surface area contributed by atoms with Crippen LogP contribution in [0.25, 0.3) is 0 Å². The molecule has 0 fully saturated rings. The fraction of sp³-hybridized carbons (Fsp3) is 0.429. The Balaban J connectivity index is 2.41. The first-order valence-electron chi connectivity index (χ1n) is 6.48. The third-order valence-corrected chi connectivity index (χ3v) is 2.96. The number of hydrogen-bond donors (Lipinski definition) is 4. The maximum Gasteiger partial charge on any atom is 0.326 e. The van der Waals surface area contributed by atoms with Crippen molar-refractivity contribution < 1.29 is 19.8 Å². The van der Waals surface area contributed by atoms with Gasteiger partial charge in [-0.3, -0.25) is 4.79 Å². The van der Waals surface area contributed by atoms with E-state index in [0.29, 0.717) is 6.42 Å². The molecule has 2 atom stereocenters. The van der Waals surface area contributed by atoms with Crippen molar-refractivity contribution in [1.29, 1.82) is 0 Å². The van der Waals surface area contributed by atoms with Gasteiger partial charge in [-0.2, -0.15) is 0 Å². The maximum absolute atomic E-state index is 11.7. The van der Waals surface area contributed by atoms with E-state index in [9.17, 15) is 9.59 Å². The molecule has 6 heteroatoms. The number of hydrogen-bond acceptors (Lipinski definition) is 4. The molecule has 5 N–H and O–H groups in total. The molecule has 110 valence electrons. The molecule has 0 radical (unpaired) electrons. The Hall–Kier alpha value is -1.92. The monoisotopic (exact) mass is 280 g/mol. The van der Waals surface area contributed by atoms with Crippen LogP contribution in [0.15, 0.2) is 30.3 Å². The molecule has 1 rings (SSSR count). The Morgan fingerprint density at radius 2 is 1.85 bits per heavy atom. The zero-order chi connectivity index (χ0) is 15.0. The number of nitrogens with one attached hydrogen (secondary N) is 1. The predicted molar refractivity (Wildman–Crippen MR) is 73.9 cm³/mol. The van der Waals surface area contributed by atoms with Crippen LogP contribution in [0.1, 0.15) is 30.9 Å². The lowest BCUT2D eigenvalue weighted by atomic mass is 10.0. The summed E-state index contributed by atoms with van der Waals surface area (Å²) in [5, 5.41) is 20.0. The number of aliphatic hydroxyl groups excluding tert-OH is 1. The van der Waals surface area contributed by atoms with Crippen molar-refractivity contribution in [3.05, 3.63) is 35.9 Å². The summed E-state index contributed by atoms with van der Waals surface area (Å²) >= 11 is 0. The highest BCUT2D eigenvalue weighted by atomic mass is 16.4. The fourth-order valence-electron chi connectivity index (χ4n) is 1.81. The van der Waals surface area contributed by atoms with Crippen molar-refractivity contribution in [3.63, 3.8) is 0 Å². The number of carboxylic acid groups (broad SMARTS) is 1. The molecule has 0 saturated heterocycles. The van der Waals surface area contributed by atoms with Gasteiger partial charge in [0.2, 0.25) is 5.91 Å². The van der Waals surface area contributed by atoms with Crippen LogP contribution in [0.4, 0.5) is 0 Å². The smallest absolute Gasteiger partial charge is 0.326 e. The second-order valence-electron chi connectivity index (χ2n) is 4.53. The summed E-state index contributed by atoms with van der Waals surface area (Å²) in [4.78, 5) is 22.5. The Kier molecular flexibility index (Phi) is 6.69. The summed E-state index contributed by atoms with van der Waals surface area (Å²) in [7, 11) is 0. The average molecular weight is 280 g/mol. The van der Waals surface area contributed by atoms with E-state index in [1.807, 2.05) is 30.3 Å². The quantitative estimate of drug-likeness (QED) is 0.551. The highest BCUT2D eigenvalue weighted by molar-refractivity contribution is 5.83. The summed E-state index contributed by atoms with van der Waals surface area (Å²) < 4.78 is 0. The number of aliphatic carboxylic acids is 1. The summed E-state index contributed by atoms with van der Waals surface area (Å²) in [6, 6.07) is 8.08. The van der Waals surface area contributed by atoms with Gasteiger partial charge in [0, 0.05) is 25.5 Å². The number of nitrogens with two attached hydrogens (primary N) is 1. The average Bonchev–Trinajstić information content (AvgIpc) is 2.45. The van der Waals surface area contributed by atoms with Crippen molar-refractivity contribution in [2.75, 3.05) is 6.61 Å². The molecule has 0 bridgehead atoms. The Morgan fingerprint density at radius 1 is 1.20 bits per heavy atom. The van der Waals surface area contributed by atoms with E-state index < -0.39 is 12.0 Å². The number of carbonyl (C=O) groups excluding carboxylic acids is 1. The molecule has 0 heterocycles. The minimum atomic E-state index is -1.15. The van der Waals surface area contributed by atoms with Gasteiger partial charge in [0.25, 0.3) is 0 Å². The van der Waals surface area contributed by atoms with Crippen LogP contribution in [-0.2, 0) is 9.59 Å². The molecule has 0 saturated carbocycles. The van der Waals surface area contributed by atoms with E-state index in [1.54, 1.807) is 0 Å². The van der Waals surface area contributed by atoms with Gasteiger partial charge >= 0.3 is 5.97 Å². The molecular weight excluding hydrogens is 260 g/mol. The minimum absolute atomic E-state index is 0.00812. The van der Waals surface area contributed by atoms with Crippen LogP contribution >= 0.6 is 0 Å². The van der Waals surface area contributed by atoms with Crippen molar-refractivity contribution in [1.82, 2.24) is 5.32 Å². The molecular formula is C14H20N2O4. The highest BCUT2D eigenvalue weighted by Gasteiger charge is 2.19. The molecule has 20 heavy (non-hydrogen) atoms. The van der Waals surface area contributed by atoms with Gasteiger partial charge in [-0.15, -0.1) is 0 Å². The van der Waals surface area contributed by atoms with Gasteiger partial charge in [-0.05, 0) is 12.0 Å². The van der Waals surface area contributed by atoms with Crippen molar-refractivity contribution in [3.8, 4) is 0 Å². The van der Waals surface area contributed by atoms with E-state index >= 15 is 0 Å². The number of rotatable bonds is 8. The van der Waals surface area contributed by atoms with Crippen molar-refractivity contribution in [2.45, 2.75) is 31.3 Å². The maximum atomic E-state index is 11.7. The standard InChI is InChI=1S/C14H20N2O4/c15-11(10-4-2-1-3-5-10)6-7-13(18)16-12(8-9-17)14(19)20/h1-5,11-12,17H,6-9,15H2,(H,16,18)(H,19,20)/t11?,12-/m1/s1. The SMILES string of the molecule is NC(CCC(=O)N[C@H](CCO)C(=O)O)c1ccccc1. The van der Waals surface area contributed by atoms with Gasteiger partial charge in [0.15, 0.2) is 0 Å². The molecule has 1 amide bonds. The first kappa shape index (κ1) is 16.1. The van der Waals surface area contributed by atoms with Gasteiger partial charge in [-0.25, -0.2) is 4.79 Å². The number of carbonyl (C=O) groups is 2. The lowest BCUT2D eigenvalue weighted by molar-refractivity contribution is -0.142.